The SMILES string of the molecule is O=C(NCCN1CCCC1)c1cccc(OC2CCN(Cc3cccc(C#Cc4ccc(C(F)(F)F)cc4)c3)CC2)c1. The van der Waals surface area contributed by atoms with Crippen LogP contribution in [-0.4, -0.2) is 61.1 Å². The molecule has 5 nitrogen and oxygen atoms in total. The molecule has 220 valence electrons. The molecule has 0 saturated carbocycles. The minimum atomic E-state index is -4.35. The van der Waals surface area contributed by atoms with Gasteiger partial charge in [0.15, 0.2) is 0 Å². The highest BCUT2D eigenvalue weighted by Gasteiger charge is 2.29. The average molecular weight is 576 g/mol. The minimum absolute atomic E-state index is 0.0688. The molecule has 0 radical (unpaired) electrons. The Morgan fingerprint density at radius 3 is 2.31 bits per heavy atom. The second-order valence-electron chi connectivity index (χ2n) is 11.0. The van der Waals surface area contributed by atoms with Crippen LogP contribution in [-0.2, 0) is 12.7 Å². The molecule has 3 aromatic rings. The van der Waals surface area contributed by atoms with Gasteiger partial charge in [0.2, 0.25) is 0 Å². The lowest BCUT2D eigenvalue weighted by atomic mass is 10.1. The summed E-state index contributed by atoms with van der Waals surface area (Å²) >= 11 is 0. The monoisotopic (exact) mass is 575 g/mol. The van der Waals surface area contributed by atoms with E-state index in [2.05, 4.69) is 33.0 Å². The highest BCUT2D eigenvalue weighted by atomic mass is 19.4. The van der Waals surface area contributed by atoms with Crippen LogP contribution >= 0.6 is 0 Å². The van der Waals surface area contributed by atoms with Crippen LogP contribution < -0.4 is 10.1 Å². The highest BCUT2D eigenvalue weighted by Crippen LogP contribution is 2.29. The third-order valence-electron chi connectivity index (χ3n) is 7.74. The number of rotatable bonds is 8. The number of alkyl halides is 3. The standard InChI is InChI=1S/C34H36F3N3O2/c35-34(36,37)30-13-11-26(12-14-30)9-10-27-5-3-6-28(23-27)25-40-20-15-31(16-21-40)42-32-8-4-7-29(24-32)33(41)38-17-22-39-18-1-2-19-39/h3-8,11-14,23-24,31H,1-2,15-22,25H2,(H,38,41). The maximum absolute atomic E-state index is 12.8. The fraction of sp³-hybridized carbons (Fsp3) is 0.382. The molecule has 2 aliphatic heterocycles. The first kappa shape index (κ1) is 29.7. The van der Waals surface area contributed by atoms with Crippen molar-refractivity contribution in [2.24, 2.45) is 0 Å². The number of nitrogens with one attached hydrogen (secondary N) is 1. The number of hydrogen-bond acceptors (Lipinski definition) is 4. The van der Waals surface area contributed by atoms with Gasteiger partial charge in [-0.1, -0.05) is 30.0 Å². The van der Waals surface area contributed by atoms with Crippen LogP contribution in [0.2, 0.25) is 0 Å². The van der Waals surface area contributed by atoms with E-state index in [1.807, 2.05) is 42.5 Å². The van der Waals surface area contributed by atoms with E-state index in [0.29, 0.717) is 17.7 Å². The Balaban J connectivity index is 1.08. The lowest BCUT2D eigenvalue weighted by Gasteiger charge is -2.32. The van der Waals surface area contributed by atoms with Crippen molar-refractivity contribution in [3.63, 3.8) is 0 Å². The fourth-order valence-electron chi connectivity index (χ4n) is 5.42. The van der Waals surface area contributed by atoms with Crippen molar-refractivity contribution in [2.45, 2.75) is 44.5 Å². The third-order valence-corrected chi connectivity index (χ3v) is 7.74. The van der Waals surface area contributed by atoms with Crippen LogP contribution in [0.25, 0.3) is 0 Å². The molecule has 0 aromatic heterocycles. The van der Waals surface area contributed by atoms with E-state index in [4.69, 9.17) is 4.74 Å². The lowest BCUT2D eigenvalue weighted by Crippen LogP contribution is -2.37. The number of hydrogen-bond donors (Lipinski definition) is 1. The first-order valence-electron chi connectivity index (χ1n) is 14.6. The lowest BCUT2D eigenvalue weighted by molar-refractivity contribution is -0.137. The topological polar surface area (TPSA) is 44.8 Å². The van der Waals surface area contributed by atoms with E-state index in [0.717, 1.165) is 81.1 Å². The normalized spacial score (nSPS) is 16.5. The maximum atomic E-state index is 12.8. The van der Waals surface area contributed by atoms with Gasteiger partial charge >= 0.3 is 6.18 Å². The molecule has 0 spiro atoms. The molecule has 1 N–H and O–H groups in total. The fourth-order valence-corrected chi connectivity index (χ4v) is 5.42. The maximum Gasteiger partial charge on any atom is 0.416 e. The summed E-state index contributed by atoms with van der Waals surface area (Å²) in [4.78, 5) is 17.4. The third kappa shape index (κ3) is 8.60. The van der Waals surface area contributed by atoms with E-state index in [9.17, 15) is 18.0 Å². The van der Waals surface area contributed by atoms with Crippen molar-refractivity contribution in [2.75, 3.05) is 39.3 Å². The largest absolute Gasteiger partial charge is 0.490 e. The first-order chi connectivity index (χ1) is 20.3. The summed E-state index contributed by atoms with van der Waals surface area (Å²) in [6.45, 7) is 6.35. The van der Waals surface area contributed by atoms with Crippen LogP contribution in [0.4, 0.5) is 13.2 Å². The Hall–Kier alpha value is -3.80. The van der Waals surface area contributed by atoms with Crippen LogP contribution in [0.3, 0.4) is 0 Å². The zero-order chi connectivity index (χ0) is 29.4. The van der Waals surface area contributed by atoms with Gasteiger partial charge in [-0.15, -0.1) is 0 Å². The van der Waals surface area contributed by atoms with Gasteiger partial charge in [0, 0.05) is 49.4 Å². The van der Waals surface area contributed by atoms with Crippen molar-refractivity contribution in [1.82, 2.24) is 15.1 Å². The van der Waals surface area contributed by atoms with Crippen molar-refractivity contribution < 1.29 is 22.7 Å². The summed E-state index contributed by atoms with van der Waals surface area (Å²) in [7, 11) is 0. The number of carbonyl (C=O) groups excluding carboxylic acids is 1. The van der Waals surface area contributed by atoms with Crippen LogP contribution in [0.15, 0.2) is 72.8 Å². The summed E-state index contributed by atoms with van der Waals surface area (Å²) in [5.41, 5.74) is 2.44. The molecule has 8 heteroatoms. The Morgan fingerprint density at radius 2 is 1.57 bits per heavy atom. The Morgan fingerprint density at radius 1 is 0.857 bits per heavy atom. The number of ether oxygens (including phenoxy) is 1. The first-order valence-corrected chi connectivity index (χ1v) is 14.6. The Bertz CT molecular complexity index is 1400. The molecule has 0 aliphatic carbocycles. The summed E-state index contributed by atoms with van der Waals surface area (Å²) in [5.74, 6) is 6.68. The number of nitrogens with zero attached hydrogens (tertiary/aromatic N) is 2. The molecule has 2 heterocycles. The van der Waals surface area contributed by atoms with E-state index >= 15 is 0 Å². The molecule has 0 atom stereocenters. The molecule has 0 bridgehead atoms. The molecule has 2 saturated heterocycles. The van der Waals surface area contributed by atoms with Gasteiger partial charge in [-0.2, -0.15) is 13.2 Å². The van der Waals surface area contributed by atoms with Gasteiger partial charge in [-0.3, -0.25) is 9.69 Å². The number of halogens is 3. The Labute approximate surface area is 245 Å². The molecule has 42 heavy (non-hydrogen) atoms. The van der Waals surface area contributed by atoms with Gasteiger partial charge in [0.05, 0.1) is 5.56 Å². The van der Waals surface area contributed by atoms with Crippen LogP contribution in [0.1, 0.15) is 58.3 Å². The van der Waals surface area contributed by atoms with Crippen LogP contribution in [0.5, 0.6) is 5.75 Å². The van der Waals surface area contributed by atoms with Gasteiger partial charge in [0.25, 0.3) is 5.91 Å². The zero-order valence-corrected chi connectivity index (χ0v) is 23.6. The van der Waals surface area contributed by atoms with Gasteiger partial charge in [0.1, 0.15) is 11.9 Å². The molecule has 0 unspecified atom stereocenters. The second kappa shape index (κ2) is 13.9. The summed E-state index contributed by atoms with van der Waals surface area (Å²) in [6, 6.07) is 20.3. The predicted molar refractivity (Wildman–Crippen MR) is 157 cm³/mol. The smallest absolute Gasteiger partial charge is 0.416 e. The number of benzene rings is 3. The molecule has 2 aliphatic rings. The zero-order valence-electron chi connectivity index (χ0n) is 23.6. The molecule has 1 amide bonds. The molecular weight excluding hydrogens is 539 g/mol. The van der Waals surface area contributed by atoms with Crippen molar-refractivity contribution >= 4 is 5.91 Å². The summed E-state index contributed by atoms with van der Waals surface area (Å²) < 4.78 is 44.6. The van der Waals surface area contributed by atoms with Gasteiger partial charge < -0.3 is 15.0 Å². The predicted octanol–water partition coefficient (Wildman–Crippen LogP) is 5.97. The minimum Gasteiger partial charge on any atom is -0.490 e. The van der Waals surface area contributed by atoms with Gasteiger partial charge in [-0.25, -0.2) is 0 Å². The molecule has 2 fully saturated rings. The highest BCUT2D eigenvalue weighted by molar-refractivity contribution is 5.94. The second-order valence-corrected chi connectivity index (χ2v) is 11.0. The van der Waals surface area contributed by atoms with Crippen molar-refractivity contribution in [3.8, 4) is 17.6 Å². The average Bonchev–Trinajstić information content (AvgIpc) is 3.51. The summed E-state index contributed by atoms with van der Waals surface area (Å²) in [6.07, 6.45) is 0.00328. The van der Waals surface area contributed by atoms with Crippen LogP contribution in [0, 0.1) is 11.8 Å². The van der Waals surface area contributed by atoms with Gasteiger partial charge in [-0.05, 0) is 98.9 Å². The number of carbonyl (C=O) groups is 1. The molecule has 3 aromatic carbocycles. The van der Waals surface area contributed by atoms with E-state index < -0.39 is 11.7 Å². The number of likely N-dealkylation sites (tertiary alicyclic amines) is 2. The van der Waals surface area contributed by atoms with E-state index in [-0.39, 0.29) is 12.0 Å². The van der Waals surface area contributed by atoms with Crippen molar-refractivity contribution in [1.29, 1.82) is 0 Å². The van der Waals surface area contributed by atoms with E-state index in [1.165, 1.54) is 25.0 Å². The number of piperidine rings is 1. The van der Waals surface area contributed by atoms with Crippen molar-refractivity contribution in [3.05, 3.63) is 101 Å². The molecule has 5 rings (SSSR count). The van der Waals surface area contributed by atoms with E-state index in [1.54, 1.807) is 0 Å². The quantitative estimate of drug-likeness (QED) is 0.336. The Kier molecular flexibility index (Phi) is 9.83. The molecular formula is C34H36F3N3O2. The summed E-state index contributed by atoms with van der Waals surface area (Å²) in [5, 5.41) is 3.02. The number of amides is 1.